The van der Waals surface area contributed by atoms with Crippen LogP contribution in [0, 0.1) is 6.92 Å². The zero-order chi connectivity index (χ0) is 11.4. The van der Waals surface area contributed by atoms with Crippen molar-refractivity contribution in [2.75, 3.05) is 0 Å². The van der Waals surface area contributed by atoms with Crippen molar-refractivity contribution in [3.63, 3.8) is 0 Å². The predicted octanol–water partition coefficient (Wildman–Crippen LogP) is 3.28. The highest BCUT2D eigenvalue weighted by Gasteiger charge is 2.04. The number of phenols is 1. The Kier molecular flexibility index (Phi) is 3.10. The van der Waals surface area contributed by atoms with Crippen molar-refractivity contribution < 1.29 is 9.84 Å². The number of phenolic OH excluding ortho intramolecular Hbond substituents is 1. The number of aromatic hydroxyl groups is 1. The van der Waals surface area contributed by atoms with Crippen LogP contribution >= 0.6 is 0 Å². The van der Waals surface area contributed by atoms with Gasteiger partial charge in [0, 0.05) is 0 Å². The minimum atomic E-state index is 0.221. The summed E-state index contributed by atoms with van der Waals surface area (Å²) >= 11 is 0. The second kappa shape index (κ2) is 4.71. The summed E-state index contributed by atoms with van der Waals surface area (Å²) in [6.07, 6.45) is 0. The third kappa shape index (κ3) is 2.34. The number of para-hydroxylation sites is 1. The fourth-order valence-electron chi connectivity index (χ4n) is 1.48. The van der Waals surface area contributed by atoms with Crippen LogP contribution in [0.5, 0.6) is 11.5 Å². The highest BCUT2D eigenvalue weighted by molar-refractivity contribution is 5.44. The lowest BCUT2D eigenvalue weighted by molar-refractivity contribution is 0.288. The van der Waals surface area contributed by atoms with Crippen molar-refractivity contribution in [3.8, 4) is 11.5 Å². The van der Waals surface area contributed by atoms with Gasteiger partial charge < -0.3 is 9.84 Å². The van der Waals surface area contributed by atoms with Gasteiger partial charge in [-0.2, -0.15) is 0 Å². The predicted molar refractivity (Wildman–Crippen MR) is 63.6 cm³/mol. The molecule has 2 aromatic carbocycles. The monoisotopic (exact) mass is 214 g/mol. The summed E-state index contributed by atoms with van der Waals surface area (Å²) in [7, 11) is 0. The van der Waals surface area contributed by atoms with Gasteiger partial charge in [0.1, 0.15) is 6.61 Å². The molecule has 0 aliphatic rings. The maximum absolute atomic E-state index is 9.75. The van der Waals surface area contributed by atoms with Crippen LogP contribution in [0.2, 0.25) is 0 Å². The molecule has 82 valence electrons. The van der Waals surface area contributed by atoms with E-state index in [2.05, 4.69) is 0 Å². The van der Waals surface area contributed by atoms with E-state index >= 15 is 0 Å². The Morgan fingerprint density at radius 2 is 1.75 bits per heavy atom. The second-order valence-electron chi connectivity index (χ2n) is 3.70. The molecule has 0 aliphatic carbocycles. The van der Waals surface area contributed by atoms with E-state index in [4.69, 9.17) is 4.74 Å². The summed E-state index contributed by atoms with van der Waals surface area (Å²) in [5.41, 5.74) is 1.91. The van der Waals surface area contributed by atoms with Crippen LogP contribution in [0.25, 0.3) is 0 Å². The SMILES string of the molecule is Cc1cccc(OCc2ccccc2)c1O. The minimum absolute atomic E-state index is 0.221. The van der Waals surface area contributed by atoms with E-state index in [0.717, 1.165) is 11.1 Å². The lowest BCUT2D eigenvalue weighted by Gasteiger charge is -2.09. The van der Waals surface area contributed by atoms with Gasteiger partial charge in [0.25, 0.3) is 0 Å². The molecule has 2 rings (SSSR count). The second-order valence-corrected chi connectivity index (χ2v) is 3.70. The minimum Gasteiger partial charge on any atom is -0.504 e. The van der Waals surface area contributed by atoms with Gasteiger partial charge >= 0.3 is 0 Å². The Morgan fingerprint density at radius 3 is 2.50 bits per heavy atom. The maximum Gasteiger partial charge on any atom is 0.161 e. The molecule has 0 spiro atoms. The Hall–Kier alpha value is -1.96. The van der Waals surface area contributed by atoms with E-state index in [1.165, 1.54) is 0 Å². The van der Waals surface area contributed by atoms with Gasteiger partial charge in [0.05, 0.1) is 0 Å². The molecular weight excluding hydrogens is 200 g/mol. The lowest BCUT2D eigenvalue weighted by atomic mass is 10.2. The van der Waals surface area contributed by atoms with Gasteiger partial charge in [-0.25, -0.2) is 0 Å². The van der Waals surface area contributed by atoms with Crippen LogP contribution < -0.4 is 4.74 Å². The molecule has 2 nitrogen and oxygen atoms in total. The van der Waals surface area contributed by atoms with E-state index in [9.17, 15) is 5.11 Å². The van der Waals surface area contributed by atoms with Crippen LogP contribution in [0.1, 0.15) is 11.1 Å². The first-order chi connectivity index (χ1) is 7.77. The summed E-state index contributed by atoms with van der Waals surface area (Å²) in [5, 5.41) is 9.75. The Bertz CT molecular complexity index is 463. The van der Waals surface area contributed by atoms with E-state index in [1.807, 2.05) is 49.4 Å². The van der Waals surface area contributed by atoms with Gasteiger partial charge in [0.15, 0.2) is 11.5 Å². The molecule has 0 radical (unpaired) electrons. The van der Waals surface area contributed by atoms with Crippen molar-refractivity contribution in [1.29, 1.82) is 0 Å². The average Bonchev–Trinajstić information content (AvgIpc) is 2.32. The highest BCUT2D eigenvalue weighted by atomic mass is 16.5. The molecule has 0 saturated heterocycles. The number of hydrogen-bond acceptors (Lipinski definition) is 2. The number of rotatable bonds is 3. The Morgan fingerprint density at radius 1 is 1.00 bits per heavy atom. The smallest absolute Gasteiger partial charge is 0.161 e. The molecule has 16 heavy (non-hydrogen) atoms. The van der Waals surface area contributed by atoms with Crippen molar-refractivity contribution >= 4 is 0 Å². The topological polar surface area (TPSA) is 29.5 Å². The molecule has 0 atom stereocenters. The fraction of sp³-hybridized carbons (Fsp3) is 0.143. The Labute approximate surface area is 95.1 Å². The summed E-state index contributed by atoms with van der Waals surface area (Å²) in [4.78, 5) is 0. The van der Waals surface area contributed by atoms with Gasteiger partial charge in [-0.1, -0.05) is 42.5 Å². The van der Waals surface area contributed by atoms with Crippen molar-refractivity contribution in [2.24, 2.45) is 0 Å². The standard InChI is InChI=1S/C14H14O2/c1-11-6-5-9-13(14(11)15)16-10-12-7-3-2-4-8-12/h2-9,15H,10H2,1H3. The van der Waals surface area contributed by atoms with E-state index in [0.29, 0.717) is 12.4 Å². The molecule has 0 aromatic heterocycles. The molecule has 2 heteroatoms. The summed E-state index contributed by atoms with van der Waals surface area (Å²) in [6.45, 7) is 2.32. The summed E-state index contributed by atoms with van der Waals surface area (Å²) in [6, 6.07) is 15.4. The average molecular weight is 214 g/mol. The van der Waals surface area contributed by atoms with Gasteiger partial charge in [0.2, 0.25) is 0 Å². The molecule has 2 aromatic rings. The highest BCUT2D eigenvalue weighted by Crippen LogP contribution is 2.29. The van der Waals surface area contributed by atoms with Crippen molar-refractivity contribution in [2.45, 2.75) is 13.5 Å². The molecular formula is C14H14O2. The van der Waals surface area contributed by atoms with Crippen LogP contribution in [-0.4, -0.2) is 5.11 Å². The normalized spacial score (nSPS) is 10.1. The first kappa shape index (κ1) is 10.6. The van der Waals surface area contributed by atoms with Gasteiger partial charge in [-0.15, -0.1) is 0 Å². The molecule has 0 amide bonds. The van der Waals surface area contributed by atoms with Crippen molar-refractivity contribution in [1.82, 2.24) is 0 Å². The third-order valence-corrected chi connectivity index (χ3v) is 2.44. The summed E-state index contributed by atoms with van der Waals surface area (Å²) in [5.74, 6) is 0.752. The zero-order valence-electron chi connectivity index (χ0n) is 9.18. The number of hydrogen-bond donors (Lipinski definition) is 1. The van der Waals surface area contributed by atoms with Gasteiger partial charge in [-0.05, 0) is 24.1 Å². The molecule has 1 N–H and O–H groups in total. The van der Waals surface area contributed by atoms with Crippen LogP contribution in [0.4, 0.5) is 0 Å². The van der Waals surface area contributed by atoms with E-state index < -0.39 is 0 Å². The first-order valence-corrected chi connectivity index (χ1v) is 5.22. The quantitative estimate of drug-likeness (QED) is 0.849. The largest absolute Gasteiger partial charge is 0.504 e. The fourth-order valence-corrected chi connectivity index (χ4v) is 1.48. The molecule has 0 saturated carbocycles. The first-order valence-electron chi connectivity index (χ1n) is 5.22. The van der Waals surface area contributed by atoms with E-state index in [-0.39, 0.29) is 5.75 Å². The summed E-state index contributed by atoms with van der Waals surface area (Å²) < 4.78 is 5.55. The lowest BCUT2D eigenvalue weighted by Crippen LogP contribution is -1.95. The third-order valence-electron chi connectivity index (χ3n) is 2.44. The molecule has 0 heterocycles. The van der Waals surface area contributed by atoms with E-state index in [1.54, 1.807) is 6.07 Å². The number of ether oxygens (including phenoxy) is 1. The number of aryl methyl sites for hydroxylation is 1. The molecule has 0 unspecified atom stereocenters. The molecule has 0 bridgehead atoms. The molecule has 0 aliphatic heterocycles. The molecule has 0 fully saturated rings. The van der Waals surface area contributed by atoms with Crippen LogP contribution in [-0.2, 0) is 6.61 Å². The van der Waals surface area contributed by atoms with Crippen LogP contribution in [0.15, 0.2) is 48.5 Å². The van der Waals surface area contributed by atoms with Crippen molar-refractivity contribution in [3.05, 3.63) is 59.7 Å². The van der Waals surface area contributed by atoms with Gasteiger partial charge in [-0.3, -0.25) is 0 Å². The zero-order valence-corrected chi connectivity index (χ0v) is 9.18. The number of benzene rings is 2. The van der Waals surface area contributed by atoms with Crippen LogP contribution in [0.3, 0.4) is 0 Å². The Balaban J connectivity index is 2.08. The maximum atomic E-state index is 9.75.